The van der Waals surface area contributed by atoms with Crippen LogP contribution in [0, 0.1) is 5.92 Å². The van der Waals surface area contributed by atoms with Crippen LogP contribution < -0.4 is 4.90 Å². The summed E-state index contributed by atoms with van der Waals surface area (Å²) in [7, 11) is 0. The molecule has 0 aliphatic carbocycles. The van der Waals surface area contributed by atoms with Crippen LogP contribution in [0.4, 0.5) is 32.3 Å². The lowest BCUT2D eigenvalue weighted by Crippen LogP contribution is -2.46. The van der Waals surface area contributed by atoms with Crippen LogP contribution in [0.2, 0.25) is 0 Å². The van der Waals surface area contributed by atoms with Gasteiger partial charge in [-0.3, -0.25) is 4.90 Å². The third-order valence-electron chi connectivity index (χ3n) is 5.69. The van der Waals surface area contributed by atoms with Crippen molar-refractivity contribution < 1.29 is 55.3 Å². The van der Waals surface area contributed by atoms with Crippen LogP contribution in [0.25, 0.3) is 0 Å². The average Bonchev–Trinajstić information content (AvgIpc) is 3.21. The molecule has 2 aliphatic heterocycles. The predicted molar refractivity (Wildman–Crippen MR) is 123 cm³/mol. The molecule has 0 unspecified atom stereocenters. The largest absolute Gasteiger partial charge is 0.490 e. The van der Waals surface area contributed by atoms with Crippen LogP contribution in [0.15, 0.2) is 35.0 Å². The Labute approximate surface area is 219 Å². The quantitative estimate of drug-likeness (QED) is 0.526. The van der Waals surface area contributed by atoms with E-state index in [0.717, 1.165) is 69.6 Å². The van der Waals surface area contributed by atoms with Crippen molar-refractivity contribution in [2.75, 3.05) is 37.7 Å². The van der Waals surface area contributed by atoms with Gasteiger partial charge < -0.3 is 24.3 Å². The summed E-state index contributed by atoms with van der Waals surface area (Å²) < 4.78 is 75.5. The standard InChI is InChI=1S/C19H26N4O2.2C2HF3O2/c1-2-16-4-5-17(25-16)13-22-9-6-15-12-23(10-11-24-18(15)14-22)19-20-7-3-8-21-19;2*3-2(4,5)1(6)7/h3-5,7-8,15,18H,2,6,9-14H2,1H3;2*(H,6,7)/t15-,18-;;/m1../s1. The normalized spacial score (nSPS) is 19.9. The smallest absolute Gasteiger partial charge is 0.475 e. The number of anilines is 1. The Hall–Kier alpha value is -3.40. The van der Waals surface area contributed by atoms with Gasteiger partial charge in [-0.2, -0.15) is 26.3 Å². The molecular weight excluding hydrogens is 542 g/mol. The van der Waals surface area contributed by atoms with Crippen LogP contribution >= 0.6 is 0 Å². The molecule has 2 fully saturated rings. The van der Waals surface area contributed by atoms with Gasteiger partial charge >= 0.3 is 24.3 Å². The van der Waals surface area contributed by atoms with E-state index < -0.39 is 24.3 Å². The highest BCUT2D eigenvalue weighted by Gasteiger charge is 2.39. The number of hydrogen-bond acceptors (Lipinski definition) is 8. The number of hydrogen-bond donors (Lipinski definition) is 2. The number of fused-ring (bicyclic) bond motifs is 1. The first-order chi connectivity index (χ1) is 18.2. The molecule has 0 aromatic carbocycles. The Kier molecular flexibility index (Phi) is 11.5. The van der Waals surface area contributed by atoms with E-state index in [1.54, 1.807) is 0 Å². The Morgan fingerprint density at radius 3 is 2.05 bits per heavy atom. The van der Waals surface area contributed by atoms with Crippen LogP contribution in [0.3, 0.4) is 0 Å². The first-order valence-electron chi connectivity index (χ1n) is 11.7. The van der Waals surface area contributed by atoms with Gasteiger partial charge in [-0.05, 0) is 31.2 Å². The van der Waals surface area contributed by atoms with Gasteiger partial charge in [-0.1, -0.05) is 6.92 Å². The van der Waals surface area contributed by atoms with Gasteiger partial charge in [0.05, 0.1) is 19.3 Å². The molecule has 0 saturated carbocycles. The van der Waals surface area contributed by atoms with Crippen molar-refractivity contribution >= 4 is 17.9 Å². The fourth-order valence-electron chi connectivity index (χ4n) is 3.81. The van der Waals surface area contributed by atoms with Crippen LogP contribution in [0.5, 0.6) is 0 Å². The first-order valence-corrected chi connectivity index (χ1v) is 11.7. The van der Waals surface area contributed by atoms with E-state index >= 15 is 0 Å². The molecule has 0 radical (unpaired) electrons. The Morgan fingerprint density at radius 2 is 1.54 bits per heavy atom. The molecule has 2 N–H and O–H groups in total. The van der Waals surface area contributed by atoms with Gasteiger partial charge in [0.2, 0.25) is 5.95 Å². The maximum absolute atomic E-state index is 10.6. The van der Waals surface area contributed by atoms with Crippen LogP contribution in [-0.2, 0) is 27.3 Å². The fraction of sp³-hybridized carbons (Fsp3) is 0.565. The minimum Gasteiger partial charge on any atom is -0.475 e. The van der Waals surface area contributed by atoms with Crippen LogP contribution in [-0.4, -0.2) is 88.3 Å². The molecule has 2 aromatic heterocycles. The summed E-state index contributed by atoms with van der Waals surface area (Å²) >= 11 is 0. The van der Waals surface area contributed by atoms with E-state index in [0.29, 0.717) is 5.92 Å². The number of furan rings is 1. The van der Waals surface area contributed by atoms with Gasteiger partial charge in [0, 0.05) is 44.4 Å². The third-order valence-corrected chi connectivity index (χ3v) is 5.69. The first kappa shape index (κ1) is 31.8. The zero-order valence-corrected chi connectivity index (χ0v) is 20.8. The summed E-state index contributed by atoms with van der Waals surface area (Å²) in [6.07, 6.45) is -4.19. The number of alkyl halides is 6. The second kappa shape index (κ2) is 14.1. The molecule has 39 heavy (non-hydrogen) atoms. The molecule has 4 heterocycles. The molecule has 2 atom stereocenters. The molecule has 2 aromatic rings. The van der Waals surface area contributed by atoms with Crippen molar-refractivity contribution in [2.45, 2.75) is 44.8 Å². The topological polar surface area (TPSA) is 129 Å². The average molecular weight is 570 g/mol. The second-order valence-corrected chi connectivity index (χ2v) is 8.52. The maximum Gasteiger partial charge on any atom is 0.490 e. The van der Waals surface area contributed by atoms with Crippen molar-refractivity contribution in [3.63, 3.8) is 0 Å². The molecule has 218 valence electrons. The molecule has 0 spiro atoms. The van der Waals surface area contributed by atoms with Crippen molar-refractivity contribution in [1.82, 2.24) is 14.9 Å². The number of carboxylic acid groups (broad SMARTS) is 2. The van der Waals surface area contributed by atoms with Gasteiger partial charge in [0.25, 0.3) is 0 Å². The predicted octanol–water partition coefficient (Wildman–Crippen LogP) is 3.63. The van der Waals surface area contributed by atoms with E-state index in [1.807, 2.05) is 18.5 Å². The lowest BCUT2D eigenvalue weighted by Gasteiger charge is -2.37. The number of piperidine rings is 1. The summed E-state index contributed by atoms with van der Waals surface area (Å²) in [5.74, 6) is -2.04. The lowest BCUT2D eigenvalue weighted by atomic mass is 9.93. The number of nitrogens with zero attached hydrogens (tertiary/aromatic N) is 4. The highest BCUT2D eigenvalue weighted by atomic mass is 19.4. The second-order valence-electron chi connectivity index (χ2n) is 8.52. The molecular formula is C23H28F6N4O6. The number of likely N-dealkylation sites (tertiary alicyclic amines) is 1. The van der Waals surface area contributed by atoms with Crippen molar-refractivity contribution in [2.24, 2.45) is 5.92 Å². The highest BCUT2D eigenvalue weighted by molar-refractivity contribution is 5.73. The number of carboxylic acids is 2. The summed E-state index contributed by atoms with van der Waals surface area (Å²) in [5.41, 5.74) is 0. The monoisotopic (exact) mass is 570 g/mol. The minimum absolute atomic E-state index is 0.281. The Morgan fingerprint density at radius 1 is 0.974 bits per heavy atom. The minimum atomic E-state index is -5.08. The van der Waals surface area contributed by atoms with Crippen molar-refractivity contribution in [3.05, 3.63) is 42.1 Å². The van der Waals surface area contributed by atoms with E-state index in [9.17, 15) is 26.3 Å². The molecule has 10 nitrogen and oxygen atoms in total. The number of halogens is 6. The molecule has 16 heteroatoms. The van der Waals surface area contributed by atoms with Gasteiger partial charge in [-0.15, -0.1) is 0 Å². The molecule has 0 bridgehead atoms. The Balaban J connectivity index is 0.000000317. The number of aliphatic carboxylic acids is 2. The van der Waals surface area contributed by atoms with Gasteiger partial charge in [-0.25, -0.2) is 19.6 Å². The molecule has 4 rings (SSSR count). The third kappa shape index (κ3) is 10.7. The molecule has 0 amide bonds. The van der Waals surface area contributed by atoms with Crippen LogP contribution in [0.1, 0.15) is 24.9 Å². The van der Waals surface area contributed by atoms with Gasteiger partial charge in [0.1, 0.15) is 11.5 Å². The van der Waals surface area contributed by atoms with E-state index in [2.05, 4.69) is 38.8 Å². The van der Waals surface area contributed by atoms with E-state index in [-0.39, 0.29) is 6.10 Å². The van der Waals surface area contributed by atoms with Gasteiger partial charge in [0.15, 0.2) is 0 Å². The van der Waals surface area contributed by atoms with E-state index in [4.69, 9.17) is 29.0 Å². The summed E-state index contributed by atoms with van der Waals surface area (Å²) in [6, 6.07) is 6.05. The number of rotatable bonds is 4. The van der Waals surface area contributed by atoms with Crippen molar-refractivity contribution in [1.29, 1.82) is 0 Å². The molecule has 2 aliphatic rings. The summed E-state index contributed by atoms with van der Waals surface area (Å²) in [5, 5.41) is 14.2. The zero-order valence-electron chi connectivity index (χ0n) is 20.8. The summed E-state index contributed by atoms with van der Waals surface area (Å²) in [6.45, 7) is 7.60. The number of ether oxygens (including phenoxy) is 1. The number of aryl methyl sites for hydroxylation is 1. The summed E-state index contributed by atoms with van der Waals surface area (Å²) in [4.78, 5) is 31.3. The number of carbonyl (C=O) groups is 2. The lowest BCUT2D eigenvalue weighted by molar-refractivity contribution is -0.193. The fourth-order valence-corrected chi connectivity index (χ4v) is 3.81. The molecule has 2 saturated heterocycles. The number of aromatic nitrogens is 2. The highest BCUT2D eigenvalue weighted by Crippen LogP contribution is 2.26. The maximum atomic E-state index is 10.6. The zero-order chi connectivity index (χ0) is 29.2. The SMILES string of the molecule is CCc1ccc(CN2CC[C@@H]3CN(c4ncccn4)CCO[C@@H]3C2)o1.O=C(O)C(F)(F)F.O=C(O)C(F)(F)F. The van der Waals surface area contributed by atoms with E-state index in [1.165, 1.54) is 0 Å². The Bertz CT molecular complexity index is 1030. The van der Waals surface area contributed by atoms with Crippen molar-refractivity contribution in [3.8, 4) is 0 Å².